The highest BCUT2D eigenvalue weighted by molar-refractivity contribution is 7.99. The Bertz CT molecular complexity index is 991. The van der Waals surface area contributed by atoms with Gasteiger partial charge < -0.3 is 9.88 Å². The normalized spacial score (nSPS) is 16.4. The number of alkyl halides is 3. The molecule has 1 aromatic carbocycles. The molecule has 140 valence electrons. The van der Waals surface area contributed by atoms with Crippen LogP contribution in [-0.2, 0) is 18.0 Å². The third-order valence-corrected chi connectivity index (χ3v) is 5.16. The number of rotatable bonds is 3. The molecule has 27 heavy (non-hydrogen) atoms. The summed E-state index contributed by atoms with van der Waals surface area (Å²) < 4.78 is 39.9. The van der Waals surface area contributed by atoms with E-state index in [1.807, 2.05) is 0 Å². The number of thioether (sulfide) groups is 1. The molecule has 0 aliphatic carbocycles. The summed E-state index contributed by atoms with van der Waals surface area (Å²) in [7, 11) is 1.64. The molecular formula is C18H14F3N3O2S. The van der Waals surface area contributed by atoms with Crippen LogP contribution in [0.5, 0.6) is 0 Å². The Morgan fingerprint density at radius 3 is 2.59 bits per heavy atom. The minimum absolute atomic E-state index is 0.0495. The summed E-state index contributed by atoms with van der Waals surface area (Å²) in [6.45, 7) is 0. The molecule has 0 saturated carbocycles. The van der Waals surface area contributed by atoms with Crippen molar-refractivity contribution in [1.82, 2.24) is 9.55 Å². The molecule has 2 heterocycles. The van der Waals surface area contributed by atoms with Crippen molar-refractivity contribution in [2.75, 3.05) is 11.1 Å². The highest BCUT2D eigenvalue weighted by Gasteiger charge is 2.34. The largest absolute Gasteiger partial charge is 0.416 e. The van der Waals surface area contributed by atoms with Crippen LogP contribution in [0.1, 0.15) is 29.0 Å². The number of amides is 1. The molecule has 9 heteroatoms. The van der Waals surface area contributed by atoms with Crippen LogP contribution in [-0.4, -0.2) is 21.2 Å². The number of hydrogen-bond donors (Lipinski definition) is 1. The van der Waals surface area contributed by atoms with Gasteiger partial charge in [0.2, 0.25) is 5.91 Å². The van der Waals surface area contributed by atoms with Gasteiger partial charge in [0.15, 0.2) is 5.16 Å². The first-order valence-corrected chi connectivity index (χ1v) is 8.85. The van der Waals surface area contributed by atoms with E-state index in [9.17, 15) is 22.8 Å². The average molecular weight is 393 g/mol. The number of hydrogen-bond acceptors (Lipinski definition) is 4. The topological polar surface area (TPSA) is 64.0 Å². The van der Waals surface area contributed by atoms with Crippen LogP contribution in [0.3, 0.4) is 0 Å². The molecular weight excluding hydrogens is 379 g/mol. The van der Waals surface area contributed by atoms with Crippen molar-refractivity contribution in [1.29, 1.82) is 0 Å². The fraction of sp³-hybridized carbons (Fsp3) is 0.278. The SMILES string of the molecule is C#CCSc1nc(=O)c2c(n1C)NC(=O)CC2c1ccc(C(F)(F)F)cc1. The van der Waals surface area contributed by atoms with E-state index in [0.29, 0.717) is 16.5 Å². The molecule has 1 amide bonds. The molecule has 0 saturated heterocycles. The molecule has 5 nitrogen and oxygen atoms in total. The van der Waals surface area contributed by atoms with Gasteiger partial charge in [0.25, 0.3) is 5.56 Å². The van der Waals surface area contributed by atoms with Crippen LogP contribution in [0.25, 0.3) is 0 Å². The zero-order chi connectivity index (χ0) is 19.8. The van der Waals surface area contributed by atoms with Crippen LogP contribution < -0.4 is 10.9 Å². The quantitative estimate of drug-likeness (QED) is 0.495. The van der Waals surface area contributed by atoms with E-state index in [0.717, 1.165) is 12.1 Å². The first-order chi connectivity index (χ1) is 12.7. The smallest absolute Gasteiger partial charge is 0.312 e. The van der Waals surface area contributed by atoms with Gasteiger partial charge in [0.1, 0.15) is 5.82 Å². The van der Waals surface area contributed by atoms with Crippen molar-refractivity contribution in [3.05, 3.63) is 51.3 Å². The molecule has 0 bridgehead atoms. The summed E-state index contributed by atoms with van der Waals surface area (Å²) >= 11 is 1.18. The molecule has 0 spiro atoms. The lowest BCUT2D eigenvalue weighted by atomic mass is 9.86. The third-order valence-electron chi connectivity index (χ3n) is 4.23. The Kier molecular flexibility index (Phi) is 5.02. The maximum absolute atomic E-state index is 12.8. The number of nitrogens with zero attached hydrogens (tertiary/aromatic N) is 2. The van der Waals surface area contributed by atoms with E-state index in [4.69, 9.17) is 6.42 Å². The molecule has 2 aromatic rings. The fourth-order valence-corrected chi connectivity index (χ4v) is 3.60. The Balaban J connectivity index is 2.09. The number of anilines is 1. The summed E-state index contributed by atoms with van der Waals surface area (Å²) in [5.41, 5.74) is -0.629. The molecule has 1 unspecified atom stereocenters. The van der Waals surface area contributed by atoms with E-state index in [-0.39, 0.29) is 23.7 Å². The van der Waals surface area contributed by atoms with Gasteiger partial charge in [-0.2, -0.15) is 18.2 Å². The second-order valence-corrected chi connectivity index (χ2v) is 6.88. The molecule has 1 atom stereocenters. The predicted octanol–water partition coefficient (Wildman–Crippen LogP) is 3.00. The summed E-state index contributed by atoms with van der Waals surface area (Å²) in [5.74, 6) is 2.02. The molecule has 3 rings (SSSR count). The van der Waals surface area contributed by atoms with Crippen molar-refractivity contribution in [2.24, 2.45) is 7.05 Å². The van der Waals surface area contributed by atoms with E-state index in [1.165, 1.54) is 23.9 Å². The molecule has 0 fully saturated rings. The van der Waals surface area contributed by atoms with Gasteiger partial charge in [0.05, 0.1) is 16.9 Å². The van der Waals surface area contributed by atoms with E-state index < -0.39 is 23.2 Å². The van der Waals surface area contributed by atoms with Crippen molar-refractivity contribution in [2.45, 2.75) is 23.7 Å². The van der Waals surface area contributed by atoms with Crippen molar-refractivity contribution in [3.8, 4) is 12.3 Å². The molecule has 1 aromatic heterocycles. The lowest BCUT2D eigenvalue weighted by Crippen LogP contribution is -2.33. The Hall–Kier alpha value is -2.73. The first kappa shape index (κ1) is 19.0. The van der Waals surface area contributed by atoms with E-state index >= 15 is 0 Å². The monoisotopic (exact) mass is 393 g/mol. The van der Waals surface area contributed by atoms with Crippen molar-refractivity contribution >= 4 is 23.5 Å². The number of fused-ring (bicyclic) bond motifs is 1. The molecule has 0 radical (unpaired) electrons. The Morgan fingerprint density at radius 1 is 1.33 bits per heavy atom. The number of carbonyl (C=O) groups excluding carboxylic acids is 1. The number of benzene rings is 1. The fourth-order valence-electron chi connectivity index (χ4n) is 2.96. The van der Waals surface area contributed by atoms with Crippen LogP contribution in [0.2, 0.25) is 0 Å². The van der Waals surface area contributed by atoms with Crippen LogP contribution in [0, 0.1) is 12.3 Å². The Morgan fingerprint density at radius 2 is 2.00 bits per heavy atom. The van der Waals surface area contributed by atoms with Gasteiger partial charge in [-0.3, -0.25) is 9.59 Å². The van der Waals surface area contributed by atoms with E-state index in [2.05, 4.69) is 16.2 Å². The third kappa shape index (κ3) is 3.71. The van der Waals surface area contributed by atoms with Crippen LogP contribution >= 0.6 is 11.8 Å². The zero-order valence-electron chi connectivity index (χ0n) is 14.1. The zero-order valence-corrected chi connectivity index (χ0v) is 14.9. The number of halogens is 3. The summed E-state index contributed by atoms with van der Waals surface area (Å²) in [4.78, 5) is 28.8. The van der Waals surface area contributed by atoms with Gasteiger partial charge in [0, 0.05) is 19.4 Å². The van der Waals surface area contributed by atoms with Crippen molar-refractivity contribution in [3.63, 3.8) is 0 Å². The van der Waals surface area contributed by atoms with Gasteiger partial charge in [-0.25, -0.2) is 0 Å². The van der Waals surface area contributed by atoms with Gasteiger partial charge in [-0.05, 0) is 17.7 Å². The minimum atomic E-state index is -4.46. The second-order valence-electron chi connectivity index (χ2n) is 5.94. The molecule has 1 aliphatic rings. The lowest BCUT2D eigenvalue weighted by molar-refractivity contribution is -0.137. The highest BCUT2D eigenvalue weighted by Crippen LogP contribution is 2.37. The molecule has 1 N–H and O–H groups in total. The Labute approximate surface area is 157 Å². The van der Waals surface area contributed by atoms with Gasteiger partial charge in [-0.15, -0.1) is 6.42 Å². The van der Waals surface area contributed by atoms with E-state index in [1.54, 1.807) is 11.6 Å². The summed E-state index contributed by atoms with van der Waals surface area (Å²) in [6, 6.07) is 4.46. The predicted molar refractivity (Wildman–Crippen MR) is 95.6 cm³/mol. The number of nitrogens with one attached hydrogen (secondary N) is 1. The highest BCUT2D eigenvalue weighted by atomic mass is 32.2. The number of terminal acetylenes is 1. The second kappa shape index (κ2) is 7.12. The van der Waals surface area contributed by atoms with Crippen LogP contribution in [0.4, 0.5) is 19.0 Å². The van der Waals surface area contributed by atoms with Crippen molar-refractivity contribution < 1.29 is 18.0 Å². The molecule has 1 aliphatic heterocycles. The maximum Gasteiger partial charge on any atom is 0.416 e. The first-order valence-electron chi connectivity index (χ1n) is 7.86. The minimum Gasteiger partial charge on any atom is -0.312 e. The number of carbonyl (C=O) groups is 1. The van der Waals surface area contributed by atoms with Gasteiger partial charge in [-0.1, -0.05) is 29.8 Å². The summed E-state index contributed by atoms with van der Waals surface area (Å²) in [6.07, 6.45) is 0.723. The maximum atomic E-state index is 12.8. The standard InChI is InChI=1S/C18H14F3N3O2S/c1-3-8-27-17-23-16(26)14-12(9-13(25)22-15(14)24(17)2)10-4-6-11(7-5-10)18(19,20)21/h1,4-7,12H,8-9H2,2H3,(H,22,25). The number of aromatic nitrogens is 2. The lowest BCUT2D eigenvalue weighted by Gasteiger charge is -2.27. The van der Waals surface area contributed by atoms with Gasteiger partial charge >= 0.3 is 6.18 Å². The van der Waals surface area contributed by atoms with Crippen LogP contribution in [0.15, 0.2) is 34.2 Å². The summed E-state index contributed by atoms with van der Waals surface area (Å²) in [5, 5.41) is 3.01. The average Bonchev–Trinajstić information content (AvgIpc) is 2.62.